The fourth-order valence-electron chi connectivity index (χ4n) is 4.74. The lowest BCUT2D eigenvalue weighted by Gasteiger charge is -2.35. The van der Waals surface area contributed by atoms with Gasteiger partial charge in [-0.1, -0.05) is 17.7 Å². The lowest BCUT2D eigenvalue weighted by Crippen LogP contribution is -2.52. The molecule has 3 rings (SSSR count). The minimum atomic E-state index is -0.991. The molecule has 0 spiro atoms. The van der Waals surface area contributed by atoms with Crippen LogP contribution in [0.25, 0.3) is 0 Å². The Morgan fingerprint density at radius 1 is 1.23 bits per heavy atom. The molecule has 3 amide bonds. The molecule has 1 aromatic heterocycles. The van der Waals surface area contributed by atoms with Crippen LogP contribution < -0.4 is 20.5 Å². The summed E-state index contributed by atoms with van der Waals surface area (Å²) in [5.41, 5.74) is 2.87. The molecule has 0 unspecified atom stereocenters. The number of carbonyl (C=O) groups excluding carboxylic acids is 3. The highest BCUT2D eigenvalue weighted by molar-refractivity contribution is 6.34. The van der Waals surface area contributed by atoms with Gasteiger partial charge in [0.25, 0.3) is 11.8 Å². The van der Waals surface area contributed by atoms with Crippen LogP contribution in [0.4, 0.5) is 15.0 Å². The van der Waals surface area contributed by atoms with Crippen molar-refractivity contribution in [3.63, 3.8) is 0 Å². The first-order chi connectivity index (χ1) is 20.4. The molecule has 0 aliphatic carbocycles. The van der Waals surface area contributed by atoms with Crippen molar-refractivity contribution in [3.05, 3.63) is 65.1 Å². The third-order valence-corrected chi connectivity index (χ3v) is 7.05. The summed E-state index contributed by atoms with van der Waals surface area (Å²) in [6.07, 6.45) is 2.18. The predicted octanol–water partition coefficient (Wildman–Crippen LogP) is 5.49. The van der Waals surface area contributed by atoms with E-state index in [1.165, 1.54) is 17.2 Å². The monoisotopic (exact) mass is 633 g/mol. The van der Waals surface area contributed by atoms with Gasteiger partial charge in [-0.15, -0.1) is 6.58 Å². The minimum Gasteiger partial charge on any atom is -0.488 e. The number of amides is 3. The van der Waals surface area contributed by atoms with E-state index in [-0.39, 0.29) is 34.5 Å². The van der Waals surface area contributed by atoms with Crippen molar-refractivity contribution in [3.8, 4) is 5.75 Å². The first kappa shape index (κ1) is 34.6. The Hall–Kier alpha value is -3.90. The van der Waals surface area contributed by atoms with Crippen molar-refractivity contribution in [2.45, 2.75) is 84.9 Å². The number of nitrogens with zero attached hydrogens (tertiary/aromatic N) is 3. The normalized spacial score (nSPS) is 17.7. The van der Waals surface area contributed by atoms with Crippen molar-refractivity contribution in [2.75, 3.05) is 18.1 Å². The molecule has 0 radical (unpaired) electrons. The van der Waals surface area contributed by atoms with Gasteiger partial charge < -0.3 is 19.1 Å². The number of anilines is 1. The van der Waals surface area contributed by atoms with Crippen LogP contribution in [0.15, 0.2) is 43.1 Å². The van der Waals surface area contributed by atoms with E-state index in [1.807, 2.05) is 18.7 Å². The Kier molecular flexibility index (Phi) is 10.9. The van der Waals surface area contributed by atoms with Gasteiger partial charge in [0.05, 0.1) is 22.7 Å². The topological polar surface area (TPSA) is 122 Å². The van der Waals surface area contributed by atoms with Crippen molar-refractivity contribution in [1.82, 2.24) is 20.7 Å². The van der Waals surface area contributed by atoms with E-state index in [0.29, 0.717) is 12.4 Å². The molecule has 2 heterocycles. The molecule has 0 saturated carbocycles. The first-order valence-electron chi connectivity index (χ1n) is 14.2. The number of aromatic nitrogens is 1. The second-order valence-corrected chi connectivity index (χ2v) is 12.5. The molecule has 2 atom stereocenters. The molecule has 2 aromatic rings. The van der Waals surface area contributed by atoms with Crippen LogP contribution in [-0.2, 0) is 9.47 Å². The number of carbonyl (C=O) groups is 3. The van der Waals surface area contributed by atoms with E-state index in [9.17, 15) is 14.4 Å². The van der Waals surface area contributed by atoms with Gasteiger partial charge in [-0.3, -0.25) is 25.3 Å². The molecule has 1 aliphatic heterocycles. The summed E-state index contributed by atoms with van der Waals surface area (Å²) in [6, 6.07) is 4.65. The van der Waals surface area contributed by atoms with E-state index in [0.717, 1.165) is 12.1 Å². The third-order valence-electron chi connectivity index (χ3n) is 6.73. The van der Waals surface area contributed by atoms with Gasteiger partial charge in [0, 0.05) is 30.4 Å². The van der Waals surface area contributed by atoms with Crippen LogP contribution in [0.3, 0.4) is 0 Å². The van der Waals surface area contributed by atoms with E-state index in [4.69, 9.17) is 25.8 Å². The number of benzene rings is 1. The van der Waals surface area contributed by atoms with E-state index >= 15 is 4.39 Å². The van der Waals surface area contributed by atoms with E-state index < -0.39 is 47.2 Å². The van der Waals surface area contributed by atoms with E-state index in [1.54, 1.807) is 53.7 Å². The lowest BCUT2D eigenvalue weighted by molar-refractivity contribution is -0.0760. The third kappa shape index (κ3) is 8.38. The van der Waals surface area contributed by atoms with Gasteiger partial charge in [-0.05, 0) is 73.6 Å². The molecule has 1 aromatic carbocycles. The van der Waals surface area contributed by atoms with Crippen LogP contribution in [0, 0.1) is 5.82 Å². The molecular formula is C31H41ClFN5O6. The molecule has 1 fully saturated rings. The lowest BCUT2D eigenvalue weighted by atomic mass is 10.1. The zero-order valence-corrected chi connectivity index (χ0v) is 27.1. The average Bonchev–Trinajstić information content (AvgIpc) is 3.16. The number of hydrogen-bond donors (Lipinski definition) is 2. The maximum absolute atomic E-state index is 15.1. The summed E-state index contributed by atoms with van der Waals surface area (Å²) in [6.45, 7) is 18.6. The number of hydrazine groups is 1. The number of hydrogen-bond acceptors (Lipinski definition) is 8. The summed E-state index contributed by atoms with van der Waals surface area (Å²) in [4.78, 5) is 46.2. The van der Waals surface area contributed by atoms with Gasteiger partial charge in [-0.25, -0.2) is 14.2 Å². The maximum Gasteiger partial charge on any atom is 0.413 e. The number of pyridine rings is 1. The smallest absolute Gasteiger partial charge is 0.413 e. The number of halogens is 2. The average molecular weight is 634 g/mol. The van der Waals surface area contributed by atoms with Crippen LogP contribution in [-0.4, -0.2) is 70.5 Å². The largest absolute Gasteiger partial charge is 0.488 e. The van der Waals surface area contributed by atoms with Crippen LogP contribution >= 0.6 is 11.6 Å². The van der Waals surface area contributed by atoms with Crippen LogP contribution in [0.2, 0.25) is 5.02 Å². The fraction of sp³-hybridized carbons (Fsp3) is 0.484. The standard InChI is InChI=1S/C31H41ClFN5O6/c1-10-13-37(18(2)3)26-14-20(11-12-34-26)27(39)35-36-28(40)21-15-23(33)25(16-22(21)32)42-17-24-19(4)43-31(8,9)38(24)29(41)44-30(5,6)7/h10-12,14-16,18-19,24H,1,13,17H2,2-9H3,(H,35,39)(H,36,40)/t19-,24+/m1/s1. The van der Waals surface area contributed by atoms with Crippen molar-refractivity contribution in [1.29, 1.82) is 0 Å². The van der Waals surface area contributed by atoms with Gasteiger partial charge >= 0.3 is 6.09 Å². The SMILES string of the molecule is C=CCN(c1cc(C(=O)NNC(=O)c2cc(F)c(OC[C@H]3[C@@H](C)OC(C)(C)N3C(=O)OC(C)(C)C)cc2Cl)ccn1)C(C)C. The summed E-state index contributed by atoms with van der Waals surface area (Å²) >= 11 is 6.31. The Balaban J connectivity index is 1.68. The maximum atomic E-state index is 15.1. The Bertz CT molecular complexity index is 1400. The van der Waals surface area contributed by atoms with Crippen molar-refractivity contribution < 1.29 is 33.0 Å². The summed E-state index contributed by atoms with van der Waals surface area (Å²) in [7, 11) is 0. The molecule has 0 bridgehead atoms. The van der Waals surface area contributed by atoms with Gasteiger partial charge in [-0.2, -0.15) is 0 Å². The Morgan fingerprint density at radius 2 is 1.89 bits per heavy atom. The van der Waals surface area contributed by atoms with Crippen molar-refractivity contribution >= 4 is 35.3 Å². The summed E-state index contributed by atoms with van der Waals surface area (Å²) < 4.78 is 32.3. The van der Waals surface area contributed by atoms with Crippen molar-refractivity contribution in [2.24, 2.45) is 0 Å². The molecule has 44 heavy (non-hydrogen) atoms. The zero-order valence-electron chi connectivity index (χ0n) is 26.4. The predicted molar refractivity (Wildman–Crippen MR) is 165 cm³/mol. The highest BCUT2D eigenvalue weighted by Crippen LogP contribution is 2.35. The van der Waals surface area contributed by atoms with Crippen LogP contribution in [0.5, 0.6) is 5.75 Å². The number of rotatable bonds is 9. The zero-order chi connectivity index (χ0) is 33.0. The number of ether oxygens (including phenoxy) is 3. The Morgan fingerprint density at radius 3 is 2.50 bits per heavy atom. The second-order valence-electron chi connectivity index (χ2n) is 12.1. The molecule has 13 heteroatoms. The minimum absolute atomic E-state index is 0.105. The molecule has 11 nitrogen and oxygen atoms in total. The molecular weight excluding hydrogens is 593 g/mol. The van der Waals surface area contributed by atoms with Gasteiger partial charge in [0.2, 0.25) is 0 Å². The first-order valence-corrected chi connectivity index (χ1v) is 14.6. The summed E-state index contributed by atoms with van der Waals surface area (Å²) in [5, 5.41) is -0.114. The van der Waals surface area contributed by atoms with E-state index in [2.05, 4.69) is 22.4 Å². The summed E-state index contributed by atoms with van der Waals surface area (Å²) in [5.74, 6) is -1.97. The highest BCUT2D eigenvalue weighted by Gasteiger charge is 2.50. The molecule has 1 aliphatic rings. The van der Waals surface area contributed by atoms with Gasteiger partial charge in [0.15, 0.2) is 11.6 Å². The molecule has 2 N–H and O–H groups in total. The fourth-order valence-corrected chi connectivity index (χ4v) is 4.98. The molecule has 240 valence electrons. The second kappa shape index (κ2) is 13.8. The highest BCUT2D eigenvalue weighted by atomic mass is 35.5. The number of nitrogens with one attached hydrogen (secondary N) is 2. The van der Waals surface area contributed by atoms with Crippen LogP contribution in [0.1, 0.15) is 76.1 Å². The Labute approximate surface area is 262 Å². The quantitative estimate of drug-likeness (QED) is 0.275. The molecule has 1 saturated heterocycles. The van der Waals surface area contributed by atoms with Gasteiger partial charge in [0.1, 0.15) is 23.8 Å².